The average Bonchev–Trinajstić information content (AvgIpc) is 2.29. The molecule has 0 aromatic heterocycles. The van der Waals surface area contributed by atoms with E-state index in [1.54, 1.807) is 0 Å². The third-order valence-electron chi connectivity index (χ3n) is 2.38. The van der Waals surface area contributed by atoms with Crippen LogP contribution in [0.1, 0.15) is 26.7 Å². The fraction of sp³-hybridized carbons (Fsp3) is 1.00. The van der Waals surface area contributed by atoms with Gasteiger partial charge in [0, 0.05) is 0 Å². The highest BCUT2D eigenvalue weighted by Crippen LogP contribution is 1.87. The molecule has 0 aromatic carbocycles. The third kappa shape index (κ3) is 16.3. The van der Waals surface area contributed by atoms with Crippen molar-refractivity contribution in [2.45, 2.75) is 26.7 Å². The summed E-state index contributed by atoms with van der Waals surface area (Å²) in [4.78, 5) is 4.51. The Morgan fingerprint density at radius 2 is 1.25 bits per heavy atom. The van der Waals surface area contributed by atoms with Gasteiger partial charge in [0.2, 0.25) is 0 Å². The van der Waals surface area contributed by atoms with Crippen molar-refractivity contribution >= 4 is 0 Å². The lowest BCUT2D eigenvalue weighted by atomic mass is 10.4. The molecule has 0 amide bonds. The first-order valence-corrected chi connectivity index (χ1v) is 6.39. The van der Waals surface area contributed by atoms with Crippen molar-refractivity contribution in [2.75, 3.05) is 53.4 Å². The van der Waals surface area contributed by atoms with Crippen LogP contribution in [0.4, 0.5) is 0 Å². The molecule has 0 bridgehead atoms. The maximum atomic E-state index is 5.36. The highest BCUT2D eigenvalue weighted by molar-refractivity contribution is 4.51. The van der Waals surface area contributed by atoms with Crippen molar-refractivity contribution in [1.29, 1.82) is 0 Å². The van der Waals surface area contributed by atoms with Crippen LogP contribution in [-0.4, -0.2) is 63.2 Å². The maximum Gasteiger partial charge on any atom is -0.000695 e. The zero-order valence-corrected chi connectivity index (χ0v) is 11.7. The molecule has 100 valence electrons. The molecule has 0 aromatic rings. The van der Waals surface area contributed by atoms with E-state index in [1.165, 1.54) is 0 Å². The molecule has 0 atom stereocenters. The molecule has 4 N–H and O–H groups in total. The molecule has 16 heavy (non-hydrogen) atoms. The van der Waals surface area contributed by atoms with Crippen molar-refractivity contribution in [1.82, 2.24) is 9.80 Å². The zero-order valence-electron chi connectivity index (χ0n) is 11.7. The minimum atomic E-state index is 0.804. The van der Waals surface area contributed by atoms with E-state index < -0.39 is 0 Å². The fourth-order valence-corrected chi connectivity index (χ4v) is 1.26. The molecule has 0 saturated heterocycles. The summed E-state index contributed by atoms with van der Waals surface area (Å²) in [6.45, 7) is 10.5. The van der Waals surface area contributed by atoms with Gasteiger partial charge in [0.05, 0.1) is 0 Å². The standard InChI is InChI=1S/C7H18N2.C5H14N2/c1-3-9(4-2)7-5-6-8;1-7(2)5-3-4-6/h3-8H2,1-2H3;3-6H2,1-2H3. The smallest absolute Gasteiger partial charge is 0.000695 e. The third-order valence-corrected chi connectivity index (χ3v) is 2.38. The second kappa shape index (κ2) is 14.8. The van der Waals surface area contributed by atoms with Crippen LogP contribution in [0.25, 0.3) is 0 Å². The van der Waals surface area contributed by atoms with Gasteiger partial charge in [-0.1, -0.05) is 13.8 Å². The van der Waals surface area contributed by atoms with Crippen LogP contribution in [0.5, 0.6) is 0 Å². The monoisotopic (exact) mass is 232 g/mol. The predicted octanol–water partition coefficient (Wildman–Crippen LogP) is 0.574. The zero-order chi connectivity index (χ0) is 12.8. The van der Waals surface area contributed by atoms with Crippen LogP contribution < -0.4 is 11.5 Å². The summed E-state index contributed by atoms with van der Waals surface area (Å²) in [7, 11) is 4.10. The normalized spacial score (nSPS) is 10.5. The predicted molar refractivity (Wildman–Crippen MR) is 73.7 cm³/mol. The van der Waals surface area contributed by atoms with Crippen LogP contribution in [0.3, 0.4) is 0 Å². The van der Waals surface area contributed by atoms with Gasteiger partial charge in [0.25, 0.3) is 0 Å². The van der Waals surface area contributed by atoms with Crippen molar-refractivity contribution in [3.05, 3.63) is 0 Å². The lowest BCUT2D eigenvalue weighted by Gasteiger charge is -2.16. The quantitative estimate of drug-likeness (QED) is 0.642. The Kier molecular flexibility index (Phi) is 16.9. The second-order valence-corrected chi connectivity index (χ2v) is 4.11. The van der Waals surface area contributed by atoms with E-state index >= 15 is 0 Å². The molecular weight excluding hydrogens is 200 g/mol. The van der Waals surface area contributed by atoms with Crippen LogP contribution in [0.2, 0.25) is 0 Å². The molecule has 0 aliphatic carbocycles. The summed E-state index contributed by atoms with van der Waals surface area (Å²) < 4.78 is 0. The molecule has 0 saturated carbocycles. The molecule has 4 heteroatoms. The molecule has 0 unspecified atom stereocenters. The Labute approximate surface area is 102 Å². The lowest BCUT2D eigenvalue weighted by molar-refractivity contribution is 0.302. The van der Waals surface area contributed by atoms with Crippen LogP contribution in [0.15, 0.2) is 0 Å². The van der Waals surface area contributed by atoms with E-state index in [-0.39, 0.29) is 0 Å². The molecule has 0 aliphatic rings. The van der Waals surface area contributed by atoms with Crippen LogP contribution in [0, 0.1) is 0 Å². The van der Waals surface area contributed by atoms with E-state index in [0.29, 0.717) is 0 Å². The molecule has 4 nitrogen and oxygen atoms in total. The Bertz CT molecular complexity index is 114. The van der Waals surface area contributed by atoms with Gasteiger partial charge >= 0.3 is 0 Å². The fourth-order valence-electron chi connectivity index (χ4n) is 1.26. The topological polar surface area (TPSA) is 58.5 Å². The Hall–Kier alpha value is -0.160. The number of nitrogens with zero attached hydrogens (tertiary/aromatic N) is 2. The minimum absolute atomic E-state index is 0.804. The van der Waals surface area contributed by atoms with Crippen LogP contribution >= 0.6 is 0 Å². The largest absolute Gasteiger partial charge is 0.330 e. The molecule has 0 aliphatic heterocycles. The second-order valence-electron chi connectivity index (χ2n) is 4.11. The number of hydrogen-bond donors (Lipinski definition) is 2. The van der Waals surface area contributed by atoms with Gasteiger partial charge < -0.3 is 21.3 Å². The van der Waals surface area contributed by atoms with E-state index in [0.717, 1.165) is 52.1 Å². The summed E-state index contributed by atoms with van der Waals surface area (Å²) in [5, 5.41) is 0. The van der Waals surface area contributed by atoms with Crippen molar-refractivity contribution in [3.63, 3.8) is 0 Å². The Morgan fingerprint density at radius 3 is 1.50 bits per heavy atom. The van der Waals surface area contributed by atoms with Gasteiger partial charge in [-0.3, -0.25) is 0 Å². The van der Waals surface area contributed by atoms with Gasteiger partial charge in [-0.15, -0.1) is 0 Å². The summed E-state index contributed by atoms with van der Waals surface area (Å²) in [5.41, 5.74) is 10.6. The molecular formula is C12H32N4. The first-order valence-electron chi connectivity index (χ1n) is 6.39. The van der Waals surface area contributed by atoms with E-state index in [9.17, 15) is 0 Å². The number of nitrogens with two attached hydrogens (primary N) is 2. The lowest BCUT2D eigenvalue weighted by Crippen LogP contribution is -2.25. The van der Waals surface area contributed by atoms with Gasteiger partial charge in [-0.2, -0.15) is 0 Å². The van der Waals surface area contributed by atoms with E-state index in [1.807, 2.05) is 0 Å². The molecule has 0 radical (unpaired) electrons. The summed E-state index contributed by atoms with van der Waals surface area (Å²) >= 11 is 0. The van der Waals surface area contributed by atoms with E-state index in [2.05, 4.69) is 37.7 Å². The first kappa shape index (κ1) is 18.2. The van der Waals surface area contributed by atoms with Crippen molar-refractivity contribution < 1.29 is 0 Å². The van der Waals surface area contributed by atoms with Crippen LogP contribution in [-0.2, 0) is 0 Å². The molecule has 0 heterocycles. The molecule has 0 rings (SSSR count). The minimum Gasteiger partial charge on any atom is -0.330 e. The summed E-state index contributed by atoms with van der Waals surface area (Å²) in [5.74, 6) is 0. The number of hydrogen-bond acceptors (Lipinski definition) is 4. The highest BCUT2D eigenvalue weighted by atomic mass is 15.1. The van der Waals surface area contributed by atoms with E-state index in [4.69, 9.17) is 11.5 Å². The molecule has 0 fully saturated rings. The Balaban J connectivity index is 0. The van der Waals surface area contributed by atoms with Gasteiger partial charge in [-0.05, 0) is 66.2 Å². The summed E-state index contributed by atoms with van der Waals surface area (Å²) in [6, 6.07) is 0. The van der Waals surface area contributed by atoms with Crippen molar-refractivity contribution in [2.24, 2.45) is 11.5 Å². The highest BCUT2D eigenvalue weighted by Gasteiger charge is 1.94. The average molecular weight is 232 g/mol. The van der Waals surface area contributed by atoms with Gasteiger partial charge in [-0.25, -0.2) is 0 Å². The molecule has 0 spiro atoms. The SMILES string of the molecule is CCN(CC)CCCN.CN(C)CCCN. The Morgan fingerprint density at radius 1 is 0.812 bits per heavy atom. The van der Waals surface area contributed by atoms with Gasteiger partial charge in [0.15, 0.2) is 0 Å². The maximum absolute atomic E-state index is 5.36. The van der Waals surface area contributed by atoms with Crippen molar-refractivity contribution in [3.8, 4) is 0 Å². The first-order chi connectivity index (χ1) is 7.62. The number of rotatable bonds is 8. The summed E-state index contributed by atoms with van der Waals surface area (Å²) in [6.07, 6.45) is 2.23. The van der Waals surface area contributed by atoms with Gasteiger partial charge in [0.1, 0.15) is 0 Å².